The van der Waals surface area contributed by atoms with Crippen LogP contribution < -0.4 is 0 Å². The quantitative estimate of drug-likeness (QED) is 0.272. The van der Waals surface area contributed by atoms with Gasteiger partial charge in [-0.05, 0) is 57.6 Å². The molecule has 0 bridgehead atoms. The van der Waals surface area contributed by atoms with Gasteiger partial charge in [-0.2, -0.15) is 10.5 Å². The monoisotopic (exact) mass is 484 g/mol. The molecule has 5 heteroatoms. The summed E-state index contributed by atoms with van der Waals surface area (Å²) in [6, 6.07) is 36.1. The summed E-state index contributed by atoms with van der Waals surface area (Å²) in [5, 5.41) is 18.1. The van der Waals surface area contributed by atoms with Gasteiger partial charge in [0.25, 0.3) is 0 Å². The molecule has 6 rings (SSSR count). The molecule has 0 radical (unpaired) electrons. The van der Waals surface area contributed by atoms with Crippen molar-refractivity contribution in [1.29, 1.82) is 10.5 Å². The lowest BCUT2D eigenvalue weighted by atomic mass is 9.96. The van der Waals surface area contributed by atoms with E-state index in [4.69, 9.17) is 24.7 Å². The molecule has 0 N–H and O–H groups in total. The van der Waals surface area contributed by atoms with Crippen molar-refractivity contribution in [3.05, 3.63) is 119 Å². The minimum atomic E-state index is -0.000120. The van der Waals surface area contributed by atoms with Crippen LogP contribution in [-0.4, -0.2) is 25.4 Å². The molecule has 4 atom stereocenters. The lowest BCUT2D eigenvalue weighted by Gasteiger charge is -2.08. The highest BCUT2D eigenvalue weighted by molar-refractivity contribution is 5.70. The molecule has 0 saturated carbocycles. The number of nitrogens with zero attached hydrogens (tertiary/aromatic N) is 2. The van der Waals surface area contributed by atoms with Crippen molar-refractivity contribution in [2.24, 2.45) is 0 Å². The average molecular weight is 485 g/mol. The highest BCUT2D eigenvalue weighted by Gasteiger charge is 2.44. The molecule has 2 aliphatic rings. The normalized spacial score (nSPS) is 21.6. The molecule has 2 fully saturated rings. The molecule has 2 aliphatic heterocycles. The first-order valence-electron chi connectivity index (χ1n) is 12.3. The van der Waals surface area contributed by atoms with Gasteiger partial charge in [-0.25, -0.2) is 0 Å². The third kappa shape index (κ3) is 4.89. The summed E-state index contributed by atoms with van der Waals surface area (Å²) in [7, 11) is 0. The van der Waals surface area contributed by atoms with Crippen LogP contribution in [0.4, 0.5) is 0 Å². The fraction of sp³-hybridized carbons (Fsp3) is 0.188. The molecule has 37 heavy (non-hydrogen) atoms. The number of benzene rings is 4. The highest BCUT2D eigenvalue weighted by Crippen LogP contribution is 2.45. The Balaban J connectivity index is 1.05. The molecule has 2 saturated heterocycles. The standard InChI is InChI=1S/C32H24N2O3/c33-17-21-9-13-23(14-10-21)25-5-1-3-7-27(25)31-29(36-31)19-35-20-30-32(37-30)28-8-4-2-6-26(28)24-15-11-22(18-34)12-16-24/h1-16,29-32H,19-20H2. The Morgan fingerprint density at radius 2 is 0.973 bits per heavy atom. The molecule has 4 aromatic rings. The maximum Gasteiger partial charge on any atom is 0.112 e. The topological polar surface area (TPSA) is 81.9 Å². The Morgan fingerprint density at radius 3 is 1.38 bits per heavy atom. The minimum Gasteiger partial charge on any atom is -0.376 e. The van der Waals surface area contributed by atoms with Crippen LogP contribution in [0.2, 0.25) is 0 Å². The van der Waals surface area contributed by atoms with Gasteiger partial charge in [0.15, 0.2) is 0 Å². The van der Waals surface area contributed by atoms with E-state index >= 15 is 0 Å². The van der Waals surface area contributed by atoms with Gasteiger partial charge in [0, 0.05) is 0 Å². The van der Waals surface area contributed by atoms with Crippen LogP contribution in [0, 0.1) is 22.7 Å². The van der Waals surface area contributed by atoms with Crippen LogP contribution >= 0.6 is 0 Å². The van der Waals surface area contributed by atoms with Crippen molar-refractivity contribution in [3.8, 4) is 34.4 Å². The van der Waals surface area contributed by atoms with Crippen LogP contribution in [0.25, 0.3) is 22.3 Å². The molecule has 0 aliphatic carbocycles. The number of rotatable bonds is 8. The van der Waals surface area contributed by atoms with Gasteiger partial charge in [-0.15, -0.1) is 0 Å². The first-order valence-corrected chi connectivity index (χ1v) is 12.3. The van der Waals surface area contributed by atoms with Crippen molar-refractivity contribution in [2.75, 3.05) is 13.2 Å². The Morgan fingerprint density at radius 1 is 0.568 bits per heavy atom. The fourth-order valence-corrected chi connectivity index (χ4v) is 4.85. The zero-order chi connectivity index (χ0) is 25.2. The van der Waals surface area contributed by atoms with Crippen LogP contribution in [-0.2, 0) is 14.2 Å². The molecule has 2 heterocycles. The van der Waals surface area contributed by atoms with Crippen LogP contribution in [0.1, 0.15) is 34.5 Å². The first-order chi connectivity index (χ1) is 18.2. The van der Waals surface area contributed by atoms with E-state index < -0.39 is 0 Å². The summed E-state index contributed by atoms with van der Waals surface area (Å²) in [6.07, 6.45) is 0.0325. The van der Waals surface area contributed by atoms with Crippen molar-refractivity contribution >= 4 is 0 Å². The first kappa shape index (κ1) is 23.2. The second-order valence-corrected chi connectivity index (χ2v) is 9.28. The van der Waals surface area contributed by atoms with Gasteiger partial charge in [0.1, 0.15) is 24.4 Å². The average Bonchev–Trinajstić information content (AvgIpc) is 3.90. The van der Waals surface area contributed by atoms with Crippen LogP contribution in [0.3, 0.4) is 0 Å². The number of epoxide rings is 2. The van der Waals surface area contributed by atoms with Gasteiger partial charge in [-0.1, -0.05) is 72.8 Å². The Labute approximate surface area is 216 Å². The van der Waals surface area contributed by atoms with E-state index in [-0.39, 0.29) is 24.4 Å². The van der Waals surface area contributed by atoms with E-state index in [1.54, 1.807) is 0 Å². The lowest BCUT2D eigenvalue weighted by molar-refractivity contribution is 0.102. The van der Waals surface area contributed by atoms with E-state index in [0.29, 0.717) is 24.3 Å². The molecule has 4 aromatic carbocycles. The van der Waals surface area contributed by atoms with Gasteiger partial charge < -0.3 is 14.2 Å². The summed E-state index contributed by atoms with van der Waals surface area (Å²) in [6.45, 7) is 1.02. The second kappa shape index (κ2) is 10.0. The number of ether oxygens (including phenoxy) is 3. The Hall–Kier alpha value is -4.26. The Kier molecular flexibility index (Phi) is 6.26. The molecule has 0 spiro atoms. The summed E-state index contributed by atoms with van der Waals surface area (Å²) in [5.74, 6) is 0. The lowest BCUT2D eigenvalue weighted by Crippen LogP contribution is -2.08. The molecular formula is C32H24N2O3. The number of nitriles is 2. The maximum atomic E-state index is 9.07. The maximum absolute atomic E-state index is 9.07. The molecular weight excluding hydrogens is 460 g/mol. The SMILES string of the molecule is N#Cc1ccc(-c2ccccc2C2OC2COCC2OC2c2ccccc2-c2ccc(C#N)cc2)cc1. The molecule has 0 amide bonds. The van der Waals surface area contributed by atoms with E-state index in [2.05, 4.69) is 36.4 Å². The highest BCUT2D eigenvalue weighted by atomic mass is 16.6. The van der Waals surface area contributed by atoms with Crippen molar-refractivity contribution in [2.45, 2.75) is 24.4 Å². The third-order valence-electron chi connectivity index (χ3n) is 6.91. The minimum absolute atomic E-state index is 0.000120. The van der Waals surface area contributed by atoms with E-state index in [1.165, 1.54) is 0 Å². The third-order valence-corrected chi connectivity index (χ3v) is 6.91. The van der Waals surface area contributed by atoms with Gasteiger partial charge in [0.2, 0.25) is 0 Å². The smallest absolute Gasteiger partial charge is 0.112 e. The van der Waals surface area contributed by atoms with Gasteiger partial charge >= 0.3 is 0 Å². The second-order valence-electron chi connectivity index (χ2n) is 9.28. The van der Waals surface area contributed by atoms with Crippen molar-refractivity contribution < 1.29 is 14.2 Å². The predicted molar refractivity (Wildman–Crippen MR) is 139 cm³/mol. The summed E-state index contributed by atoms with van der Waals surface area (Å²) >= 11 is 0. The zero-order valence-corrected chi connectivity index (χ0v) is 20.1. The fourth-order valence-electron chi connectivity index (χ4n) is 4.85. The van der Waals surface area contributed by atoms with E-state index in [0.717, 1.165) is 33.4 Å². The summed E-state index contributed by atoms with van der Waals surface area (Å²) in [4.78, 5) is 0. The van der Waals surface area contributed by atoms with Crippen molar-refractivity contribution in [3.63, 3.8) is 0 Å². The molecule has 4 unspecified atom stereocenters. The molecule has 180 valence electrons. The Bertz CT molecular complexity index is 1380. The predicted octanol–water partition coefficient (Wildman–Crippen LogP) is 6.36. The van der Waals surface area contributed by atoms with Crippen molar-refractivity contribution in [1.82, 2.24) is 0 Å². The van der Waals surface area contributed by atoms with E-state index in [1.807, 2.05) is 72.8 Å². The summed E-state index contributed by atoms with van der Waals surface area (Å²) in [5.41, 5.74) is 7.94. The van der Waals surface area contributed by atoms with Gasteiger partial charge in [-0.3, -0.25) is 0 Å². The van der Waals surface area contributed by atoms with Crippen LogP contribution in [0.5, 0.6) is 0 Å². The largest absolute Gasteiger partial charge is 0.376 e. The number of hydrogen-bond donors (Lipinski definition) is 0. The van der Waals surface area contributed by atoms with E-state index in [9.17, 15) is 0 Å². The summed E-state index contributed by atoms with van der Waals surface area (Å²) < 4.78 is 18.0. The van der Waals surface area contributed by atoms with Gasteiger partial charge in [0.05, 0.1) is 36.5 Å². The zero-order valence-electron chi connectivity index (χ0n) is 20.1. The molecule has 0 aromatic heterocycles. The number of hydrogen-bond acceptors (Lipinski definition) is 5. The molecule has 5 nitrogen and oxygen atoms in total. The van der Waals surface area contributed by atoms with Crippen LogP contribution in [0.15, 0.2) is 97.1 Å².